The molecule has 1 aromatic carbocycles. The van der Waals surface area contributed by atoms with Crippen LogP contribution in [-0.4, -0.2) is 64.7 Å². The van der Waals surface area contributed by atoms with Crippen LogP contribution in [0.3, 0.4) is 0 Å². The lowest BCUT2D eigenvalue weighted by molar-refractivity contribution is 0.0984. The van der Waals surface area contributed by atoms with E-state index in [-0.39, 0.29) is 11.8 Å². The molecule has 162 valence electrons. The Balaban J connectivity index is 1.43. The second-order valence-corrected chi connectivity index (χ2v) is 9.05. The van der Waals surface area contributed by atoms with Gasteiger partial charge in [-0.25, -0.2) is 4.98 Å². The summed E-state index contributed by atoms with van der Waals surface area (Å²) >= 11 is 0. The fraction of sp³-hybridized carbons (Fsp3) is 0.480. The zero-order valence-electron chi connectivity index (χ0n) is 18.7. The highest BCUT2D eigenvalue weighted by atomic mass is 16.1. The van der Waals surface area contributed by atoms with Crippen LogP contribution in [-0.2, 0) is 6.54 Å². The maximum Gasteiger partial charge on any atom is 0.163 e. The zero-order valence-corrected chi connectivity index (χ0v) is 18.7. The standard InChI is InChI=1S/C25H31N5O/c1-4-28-9-10-29(15-18(28)3)21-7-5-19-11-20(6-8-24(31)22(19)12-21)23-16-30-14-17(2)26-13-25(30)27-23/h5,7,11-13,16-18H,4,6,8-10,14-15H2,1-3H3/t17?,18-/m1/s1. The average Bonchev–Trinajstić information content (AvgIpc) is 3.11. The minimum Gasteiger partial charge on any atom is -0.369 e. The SMILES string of the molecule is CCN1CCN(c2ccc3c(c2)C(=O)CCC(c2cn4c(n2)C=NC(C)C4)=C3)C[C@H]1C. The van der Waals surface area contributed by atoms with Crippen LogP contribution in [0.4, 0.5) is 5.69 Å². The second-order valence-electron chi connectivity index (χ2n) is 9.05. The van der Waals surface area contributed by atoms with Crippen LogP contribution >= 0.6 is 0 Å². The van der Waals surface area contributed by atoms with Gasteiger partial charge in [0.25, 0.3) is 0 Å². The normalized spacial score (nSPS) is 23.9. The molecule has 2 aromatic rings. The van der Waals surface area contributed by atoms with Crippen molar-refractivity contribution in [3.05, 3.63) is 47.0 Å². The number of piperazine rings is 1. The number of hydrogen-bond acceptors (Lipinski definition) is 5. The molecule has 5 rings (SSSR count). The first-order valence-electron chi connectivity index (χ1n) is 11.5. The molecular weight excluding hydrogens is 386 g/mol. The second kappa shape index (κ2) is 8.08. The lowest BCUT2D eigenvalue weighted by Gasteiger charge is -2.40. The molecule has 0 amide bonds. The molecule has 1 fully saturated rings. The number of anilines is 1. The lowest BCUT2D eigenvalue weighted by atomic mass is 10.0. The summed E-state index contributed by atoms with van der Waals surface area (Å²) in [6.45, 7) is 11.6. The van der Waals surface area contributed by atoms with E-state index in [9.17, 15) is 4.79 Å². The topological polar surface area (TPSA) is 53.7 Å². The molecule has 0 radical (unpaired) electrons. The van der Waals surface area contributed by atoms with Crippen molar-refractivity contribution in [2.45, 2.75) is 52.2 Å². The van der Waals surface area contributed by atoms with Crippen molar-refractivity contribution in [2.75, 3.05) is 31.1 Å². The molecule has 0 spiro atoms. The summed E-state index contributed by atoms with van der Waals surface area (Å²) in [4.78, 5) is 27.2. The Morgan fingerprint density at radius 2 is 2.00 bits per heavy atom. The van der Waals surface area contributed by atoms with E-state index in [0.29, 0.717) is 12.5 Å². The third kappa shape index (κ3) is 3.85. The Kier molecular flexibility index (Phi) is 5.26. The predicted molar refractivity (Wildman–Crippen MR) is 126 cm³/mol. The molecule has 31 heavy (non-hydrogen) atoms. The number of carbonyl (C=O) groups excluding carboxylic acids is 1. The summed E-state index contributed by atoms with van der Waals surface area (Å²) < 4.78 is 2.17. The molecule has 1 unspecified atom stereocenters. The molecule has 6 heteroatoms. The molecule has 3 heterocycles. The van der Waals surface area contributed by atoms with Gasteiger partial charge in [-0.3, -0.25) is 14.7 Å². The number of nitrogens with zero attached hydrogens (tertiary/aromatic N) is 5. The van der Waals surface area contributed by atoms with Gasteiger partial charge in [0.1, 0.15) is 0 Å². The number of imidazole rings is 1. The highest BCUT2D eigenvalue weighted by molar-refractivity contribution is 6.04. The molecule has 2 atom stereocenters. The number of hydrogen-bond donors (Lipinski definition) is 0. The van der Waals surface area contributed by atoms with Crippen molar-refractivity contribution < 1.29 is 4.79 Å². The predicted octanol–water partition coefficient (Wildman–Crippen LogP) is 3.75. The van der Waals surface area contributed by atoms with E-state index in [4.69, 9.17) is 4.98 Å². The monoisotopic (exact) mass is 417 g/mol. The highest BCUT2D eigenvalue weighted by Crippen LogP contribution is 2.32. The Hall–Kier alpha value is -2.73. The molecule has 3 aliphatic rings. The summed E-state index contributed by atoms with van der Waals surface area (Å²) in [5.41, 5.74) is 5.11. The van der Waals surface area contributed by atoms with Crippen LogP contribution in [0.5, 0.6) is 0 Å². The van der Waals surface area contributed by atoms with Crippen LogP contribution in [0.2, 0.25) is 0 Å². The summed E-state index contributed by atoms with van der Waals surface area (Å²) in [6.07, 6.45) is 7.38. The molecule has 1 aliphatic carbocycles. The third-order valence-electron chi connectivity index (χ3n) is 6.87. The first kappa shape index (κ1) is 20.2. The first-order chi connectivity index (χ1) is 15.0. The van der Waals surface area contributed by atoms with E-state index in [0.717, 1.165) is 73.1 Å². The molecular formula is C25H31N5O. The van der Waals surface area contributed by atoms with Gasteiger partial charge < -0.3 is 9.47 Å². The van der Waals surface area contributed by atoms with Crippen LogP contribution in [0.1, 0.15) is 61.1 Å². The molecule has 0 bridgehead atoms. The van der Waals surface area contributed by atoms with Crippen molar-refractivity contribution in [1.82, 2.24) is 14.5 Å². The molecule has 2 aliphatic heterocycles. The van der Waals surface area contributed by atoms with Crippen molar-refractivity contribution >= 4 is 29.3 Å². The van der Waals surface area contributed by atoms with Crippen LogP contribution in [0.25, 0.3) is 11.6 Å². The fourth-order valence-corrected chi connectivity index (χ4v) is 5.01. The van der Waals surface area contributed by atoms with E-state index in [1.165, 1.54) is 0 Å². The Bertz CT molecular complexity index is 1070. The number of fused-ring (bicyclic) bond motifs is 2. The molecule has 0 saturated carbocycles. The summed E-state index contributed by atoms with van der Waals surface area (Å²) in [7, 11) is 0. The van der Waals surface area contributed by atoms with Crippen molar-refractivity contribution in [3.8, 4) is 0 Å². The van der Waals surface area contributed by atoms with Gasteiger partial charge in [0, 0.05) is 56.1 Å². The summed E-state index contributed by atoms with van der Waals surface area (Å²) in [5, 5.41) is 0. The Morgan fingerprint density at radius 3 is 2.81 bits per heavy atom. The fourth-order valence-electron chi connectivity index (χ4n) is 5.01. The first-order valence-corrected chi connectivity index (χ1v) is 11.5. The molecule has 1 aromatic heterocycles. The minimum absolute atomic E-state index is 0.225. The van der Waals surface area contributed by atoms with Gasteiger partial charge in [0.2, 0.25) is 0 Å². The van der Waals surface area contributed by atoms with Gasteiger partial charge in [-0.2, -0.15) is 0 Å². The smallest absolute Gasteiger partial charge is 0.163 e. The quantitative estimate of drug-likeness (QED) is 0.763. The minimum atomic E-state index is 0.225. The maximum atomic E-state index is 13.0. The number of ketones is 1. The van der Waals surface area contributed by atoms with E-state index in [1.807, 2.05) is 6.21 Å². The number of benzene rings is 1. The number of carbonyl (C=O) groups is 1. The summed E-state index contributed by atoms with van der Waals surface area (Å²) in [5.74, 6) is 1.13. The van der Waals surface area contributed by atoms with E-state index >= 15 is 0 Å². The van der Waals surface area contributed by atoms with Gasteiger partial charge in [-0.1, -0.05) is 13.0 Å². The lowest BCUT2D eigenvalue weighted by Crippen LogP contribution is -2.51. The Morgan fingerprint density at radius 1 is 1.13 bits per heavy atom. The van der Waals surface area contributed by atoms with Gasteiger partial charge >= 0.3 is 0 Å². The number of allylic oxidation sites excluding steroid dienone is 1. The van der Waals surface area contributed by atoms with Gasteiger partial charge in [0.05, 0.1) is 18.0 Å². The van der Waals surface area contributed by atoms with Crippen LogP contribution in [0, 0.1) is 0 Å². The molecule has 1 saturated heterocycles. The van der Waals surface area contributed by atoms with Crippen molar-refractivity contribution in [2.24, 2.45) is 4.99 Å². The molecule has 0 N–H and O–H groups in total. The van der Waals surface area contributed by atoms with Gasteiger partial charge in [0.15, 0.2) is 11.6 Å². The van der Waals surface area contributed by atoms with Crippen molar-refractivity contribution in [1.29, 1.82) is 0 Å². The number of likely N-dealkylation sites (N-methyl/N-ethyl adjacent to an activating group) is 1. The number of Topliss-reactive ketones (excluding diaryl/α,β-unsaturated/α-hetero) is 1. The number of aromatic nitrogens is 2. The Labute approximate surface area is 184 Å². The van der Waals surface area contributed by atoms with E-state index < -0.39 is 0 Å². The molecule has 6 nitrogen and oxygen atoms in total. The van der Waals surface area contributed by atoms with E-state index in [1.54, 1.807) is 0 Å². The van der Waals surface area contributed by atoms with Crippen molar-refractivity contribution in [3.63, 3.8) is 0 Å². The largest absolute Gasteiger partial charge is 0.369 e. The average molecular weight is 418 g/mol. The van der Waals surface area contributed by atoms with E-state index in [2.05, 4.69) is 70.6 Å². The summed E-state index contributed by atoms with van der Waals surface area (Å²) in [6, 6.07) is 7.20. The van der Waals surface area contributed by atoms with Crippen LogP contribution < -0.4 is 4.90 Å². The number of aliphatic imine (C=N–C) groups is 1. The third-order valence-corrected chi connectivity index (χ3v) is 6.87. The number of rotatable bonds is 3. The van der Waals surface area contributed by atoms with Gasteiger partial charge in [-0.15, -0.1) is 0 Å². The van der Waals surface area contributed by atoms with Gasteiger partial charge in [-0.05, 0) is 56.2 Å². The highest BCUT2D eigenvalue weighted by Gasteiger charge is 2.25. The van der Waals surface area contributed by atoms with Crippen LogP contribution in [0.15, 0.2) is 29.4 Å². The zero-order chi connectivity index (χ0) is 21.5. The maximum absolute atomic E-state index is 13.0.